The van der Waals surface area contributed by atoms with Crippen molar-refractivity contribution >= 4 is 5.84 Å². The number of methoxy groups -OCH3 is 1. The fourth-order valence-corrected chi connectivity index (χ4v) is 1.67. The van der Waals surface area contributed by atoms with Gasteiger partial charge >= 0.3 is 0 Å². The zero-order chi connectivity index (χ0) is 12.6. The van der Waals surface area contributed by atoms with Gasteiger partial charge in [-0.3, -0.25) is 0 Å². The van der Waals surface area contributed by atoms with Crippen LogP contribution in [0.5, 0.6) is 0 Å². The van der Waals surface area contributed by atoms with E-state index < -0.39 is 0 Å². The average molecular weight is 228 g/mol. The van der Waals surface area contributed by atoms with Crippen molar-refractivity contribution in [3.05, 3.63) is 12.5 Å². The molecule has 1 aliphatic heterocycles. The second kappa shape index (κ2) is 8.16. The van der Waals surface area contributed by atoms with E-state index in [9.17, 15) is 0 Å². The van der Waals surface area contributed by atoms with Crippen LogP contribution in [-0.2, 0) is 4.74 Å². The molecule has 94 valence electrons. The molecule has 4 heteroatoms. The van der Waals surface area contributed by atoms with Crippen LogP contribution >= 0.6 is 0 Å². The number of hydrogen-bond acceptors (Lipinski definition) is 3. The van der Waals surface area contributed by atoms with Gasteiger partial charge in [0.25, 0.3) is 0 Å². The molecule has 4 nitrogen and oxygen atoms in total. The number of aliphatic imine (C=N–C) groups is 1. The standard InChI is InChI=1S/C10H18N2O2.C2H6/c1-8(11-9(2)13)12-6-4-10(14-3)5-7-12;1-2/h10,13H,2,4-7H2,1,3H3;1-2H3/b11-8+;. The lowest BCUT2D eigenvalue weighted by atomic mass is 10.1. The van der Waals surface area contributed by atoms with Crippen LogP contribution in [0.1, 0.15) is 33.6 Å². The zero-order valence-electron chi connectivity index (χ0n) is 10.9. The molecule has 1 saturated heterocycles. The van der Waals surface area contributed by atoms with Crippen molar-refractivity contribution in [3.63, 3.8) is 0 Å². The van der Waals surface area contributed by atoms with Crippen molar-refractivity contribution in [3.8, 4) is 0 Å². The third-order valence-corrected chi connectivity index (χ3v) is 2.52. The summed E-state index contributed by atoms with van der Waals surface area (Å²) < 4.78 is 5.27. The van der Waals surface area contributed by atoms with Gasteiger partial charge in [-0.15, -0.1) is 0 Å². The van der Waals surface area contributed by atoms with Gasteiger partial charge in [0.1, 0.15) is 5.84 Å². The number of amidine groups is 1. The number of aliphatic hydroxyl groups excluding tert-OH is 1. The van der Waals surface area contributed by atoms with Crippen LogP contribution < -0.4 is 0 Å². The minimum Gasteiger partial charge on any atom is -0.494 e. The molecular formula is C12H24N2O2. The van der Waals surface area contributed by atoms with Crippen LogP contribution in [0.15, 0.2) is 17.5 Å². The molecule has 0 unspecified atom stereocenters. The molecule has 1 fully saturated rings. The number of ether oxygens (including phenoxy) is 1. The molecule has 0 aliphatic carbocycles. The molecular weight excluding hydrogens is 204 g/mol. The highest BCUT2D eigenvalue weighted by Crippen LogP contribution is 2.13. The number of rotatable bonds is 2. The van der Waals surface area contributed by atoms with Gasteiger partial charge in [-0.25, -0.2) is 4.99 Å². The number of hydrogen-bond donors (Lipinski definition) is 1. The maximum absolute atomic E-state index is 8.92. The van der Waals surface area contributed by atoms with Gasteiger partial charge in [0.15, 0.2) is 0 Å². The van der Waals surface area contributed by atoms with Gasteiger partial charge in [0, 0.05) is 20.2 Å². The Balaban J connectivity index is 0.00000106. The Morgan fingerprint density at radius 3 is 2.25 bits per heavy atom. The van der Waals surface area contributed by atoms with E-state index in [1.165, 1.54) is 0 Å². The molecule has 0 aromatic carbocycles. The first-order valence-corrected chi connectivity index (χ1v) is 5.84. The lowest BCUT2D eigenvalue weighted by Gasteiger charge is -2.32. The number of likely N-dealkylation sites (tertiary alicyclic amines) is 1. The van der Waals surface area contributed by atoms with Crippen LogP contribution in [-0.4, -0.2) is 42.1 Å². The summed E-state index contributed by atoms with van der Waals surface area (Å²) in [5, 5.41) is 8.92. The third kappa shape index (κ3) is 5.16. The molecule has 0 aromatic heterocycles. The van der Waals surface area contributed by atoms with Crippen molar-refractivity contribution in [2.24, 2.45) is 4.99 Å². The molecule has 1 N–H and O–H groups in total. The molecule has 0 aromatic rings. The van der Waals surface area contributed by atoms with Crippen molar-refractivity contribution in [1.29, 1.82) is 0 Å². The van der Waals surface area contributed by atoms with Gasteiger partial charge in [-0.05, 0) is 26.3 Å². The number of nitrogens with zero attached hydrogens (tertiary/aromatic N) is 2. The number of aliphatic hydroxyl groups is 1. The molecule has 1 aliphatic rings. The highest BCUT2D eigenvalue weighted by Gasteiger charge is 2.19. The molecule has 16 heavy (non-hydrogen) atoms. The fraction of sp³-hybridized carbons (Fsp3) is 0.750. The average Bonchev–Trinajstić information content (AvgIpc) is 2.31. The third-order valence-electron chi connectivity index (χ3n) is 2.52. The van der Waals surface area contributed by atoms with Gasteiger partial charge in [0.2, 0.25) is 5.88 Å². The first-order valence-electron chi connectivity index (χ1n) is 5.84. The predicted octanol–water partition coefficient (Wildman–Crippen LogP) is 2.57. The SMILES string of the molecule is C=C(O)/N=C(\C)N1CCC(OC)CC1.CC. The number of piperidine rings is 1. The van der Waals surface area contributed by atoms with Gasteiger partial charge in [-0.1, -0.05) is 13.8 Å². The van der Waals surface area contributed by atoms with E-state index in [0.717, 1.165) is 31.8 Å². The minimum atomic E-state index is -0.128. The molecule has 0 spiro atoms. The smallest absolute Gasteiger partial charge is 0.204 e. The van der Waals surface area contributed by atoms with Crippen molar-refractivity contribution in [1.82, 2.24) is 4.90 Å². The highest BCUT2D eigenvalue weighted by atomic mass is 16.5. The Bertz CT molecular complexity index is 231. The van der Waals surface area contributed by atoms with Gasteiger partial charge in [0.05, 0.1) is 6.10 Å². The molecule has 1 heterocycles. The first kappa shape index (κ1) is 15.0. The van der Waals surface area contributed by atoms with Crippen molar-refractivity contribution < 1.29 is 9.84 Å². The summed E-state index contributed by atoms with van der Waals surface area (Å²) >= 11 is 0. The molecule has 0 atom stereocenters. The fourth-order valence-electron chi connectivity index (χ4n) is 1.67. The summed E-state index contributed by atoms with van der Waals surface area (Å²) in [6, 6.07) is 0. The second-order valence-electron chi connectivity index (χ2n) is 3.50. The second-order valence-corrected chi connectivity index (χ2v) is 3.50. The molecule has 1 rings (SSSR count). The van der Waals surface area contributed by atoms with E-state index in [1.807, 2.05) is 20.8 Å². The van der Waals surface area contributed by atoms with Gasteiger partial charge in [-0.2, -0.15) is 0 Å². The van der Waals surface area contributed by atoms with Crippen LogP contribution in [0.3, 0.4) is 0 Å². The monoisotopic (exact) mass is 228 g/mol. The quantitative estimate of drug-likeness (QED) is 0.449. The van der Waals surface area contributed by atoms with Crippen LogP contribution in [0.25, 0.3) is 0 Å². The van der Waals surface area contributed by atoms with Gasteiger partial charge < -0.3 is 14.7 Å². The van der Waals surface area contributed by atoms with E-state index in [-0.39, 0.29) is 5.88 Å². The van der Waals surface area contributed by atoms with E-state index in [0.29, 0.717) is 6.10 Å². The lowest BCUT2D eigenvalue weighted by molar-refractivity contribution is 0.0577. The van der Waals surface area contributed by atoms with E-state index in [1.54, 1.807) is 7.11 Å². The van der Waals surface area contributed by atoms with Crippen LogP contribution in [0.2, 0.25) is 0 Å². The maximum Gasteiger partial charge on any atom is 0.204 e. The van der Waals surface area contributed by atoms with E-state index in [4.69, 9.17) is 9.84 Å². The first-order chi connectivity index (χ1) is 7.63. The summed E-state index contributed by atoms with van der Waals surface area (Å²) in [7, 11) is 1.75. The summed E-state index contributed by atoms with van der Waals surface area (Å²) in [5.41, 5.74) is 0. The van der Waals surface area contributed by atoms with E-state index in [2.05, 4.69) is 16.5 Å². The highest BCUT2D eigenvalue weighted by molar-refractivity contribution is 5.80. The maximum atomic E-state index is 8.92. The Morgan fingerprint density at radius 1 is 1.38 bits per heavy atom. The molecule has 0 amide bonds. The van der Waals surface area contributed by atoms with E-state index >= 15 is 0 Å². The summed E-state index contributed by atoms with van der Waals surface area (Å²) in [5.74, 6) is 0.698. The molecule has 0 saturated carbocycles. The van der Waals surface area contributed by atoms with Crippen LogP contribution in [0, 0.1) is 0 Å². The summed E-state index contributed by atoms with van der Waals surface area (Å²) in [6.07, 6.45) is 2.40. The Labute approximate surface area is 98.6 Å². The Morgan fingerprint density at radius 2 is 1.88 bits per heavy atom. The topological polar surface area (TPSA) is 45.1 Å². The Kier molecular flexibility index (Phi) is 7.64. The molecule has 0 bridgehead atoms. The minimum absolute atomic E-state index is 0.128. The Hall–Kier alpha value is -1.03. The predicted molar refractivity (Wildman–Crippen MR) is 67.8 cm³/mol. The zero-order valence-corrected chi connectivity index (χ0v) is 10.9. The summed E-state index contributed by atoms with van der Waals surface area (Å²) in [6.45, 7) is 11.1. The van der Waals surface area contributed by atoms with Crippen molar-refractivity contribution in [2.45, 2.75) is 39.7 Å². The lowest BCUT2D eigenvalue weighted by Crippen LogP contribution is -2.39. The normalized spacial score (nSPS) is 17.8. The van der Waals surface area contributed by atoms with Crippen LogP contribution in [0.4, 0.5) is 0 Å². The largest absolute Gasteiger partial charge is 0.494 e. The molecule has 0 radical (unpaired) electrons. The van der Waals surface area contributed by atoms with Crippen molar-refractivity contribution in [2.75, 3.05) is 20.2 Å². The summed E-state index contributed by atoms with van der Waals surface area (Å²) in [4.78, 5) is 6.05.